The summed E-state index contributed by atoms with van der Waals surface area (Å²) in [6.07, 6.45) is 0.993. The molecule has 0 unspecified atom stereocenters. The molecule has 12 heavy (non-hydrogen) atoms. The Morgan fingerprint density at radius 3 is 2.33 bits per heavy atom. The van der Waals surface area contributed by atoms with E-state index in [1.54, 1.807) is 0 Å². The number of hydrogen-bond acceptors (Lipinski definition) is 1. The third-order valence-electron chi connectivity index (χ3n) is 2.58. The molecule has 0 aliphatic heterocycles. The predicted octanol–water partition coefficient (Wildman–Crippen LogP) is 2.11. The second kappa shape index (κ2) is 3.72. The number of hydrogen-bond donors (Lipinski definition) is 1. The van der Waals surface area contributed by atoms with Gasteiger partial charge in [0.05, 0.1) is 0 Å². The van der Waals surface area contributed by atoms with Crippen LogP contribution in [0.3, 0.4) is 0 Å². The van der Waals surface area contributed by atoms with Crippen LogP contribution < -0.4 is 5.73 Å². The van der Waals surface area contributed by atoms with E-state index in [1.165, 1.54) is 22.3 Å². The van der Waals surface area contributed by atoms with E-state index in [4.69, 9.17) is 5.73 Å². The van der Waals surface area contributed by atoms with Crippen molar-refractivity contribution in [2.24, 2.45) is 5.73 Å². The standard InChI is InChI=1S/C11H17N/c1-8-4-5-11(6-7-12)10(3)9(8)2/h4-5H,6-7,12H2,1-3H3. The highest BCUT2D eigenvalue weighted by Crippen LogP contribution is 2.16. The number of nitrogens with two attached hydrogens (primary N) is 1. The van der Waals surface area contributed by atoms with Crippen LogP contribution in [0.5, 0.6) is 0 Å². The maximum absolute atomic E-state index is 5.52. The minimum Gasteiger partial charge on any atom is -0.330 e. The maximum Gasteiger partial charge on any atom is -0.00366 e. The van der Waals surface area contributed by atoms with Gasteiger partial charge >= 0.3 is 0 Å². The molecule has 0 amide bonds. The Balaban J connectivity index is 3.08. The molecule has 1 nitrogen and oxygen atoms in total. The highest BCUT2D eigenvalue weighted by molar-refractivity contribution is 5.38. The van der Waals surface area contributed by atoms with E-state index >= 15 is 0 Å². The predicted molar refractivity (Wildman–Crippen MR) is 53.4 cm³/mol. The molecule has 1 aromatic carbocycles. The van der Waals surface area contributed by atoms with Gasteiger partial charge in [0.2, 0.25) is 0 Å². The van der Waals surface area contributed by atoms with Crippen LogP contribution in [0.15, 0.2) is 12.1 Å². The molecule has 0 heterocycles. The van der Waals surface area contributed by atoms with E-state index in [1.807, 2.05) is 0 Å². The molecule has 1 aromatic rings. The number of rotatable bonds is 2. The average Bonchev–Trinajstić information content (AvgIpc) is 2.07. The van der Waals surface area contributed by atoms with Crippen molar-refractivity contribution in [3.63, 3.8) is 0 Å². The summed E-state index contributed by atoms with van der Waals surface area (Å²) >= 11 is 0. The second-order valence-electron chi connectivity index (χ2n) is 3.33. The van der Waals surface area contributed by atoms with Gasteiger partial charge in [-0.3, -0.25) is 0 Å². The summed E-state index contributed by atoms with van der Waals surface area (Å²) in [5.41, 5.74) is 11.1. The quantitative estimate of drug-likeness (QED) is 0.710. The van der Waals surface area contributed by atoms with Crippen molar-refractivity contribution in [3.8, 4) is 0 Å². The van der Waals surface area contributed by atoms with Crippen LogP contribution in [0.4, 0.5) is 0 Å². The topological polar surface area (TPSA) is 26.0 Å². The lowest BCUT2D eigenvalue weighted by Gasteiger charge is -2.09. The van der Waals surface area contributed by atoms with Crippen LogP contribution in [0, 0.1) is 20.8 Å². The fourth-order valence-electron chi connectivity index (χ4n) is 1.44. The summed E-state index contributed by atoms with van der Waals surface area (Å²) in [7, 11) is 0. The molecule has 0 saturated heterocycles. The van der Waals surface area contributed by atoms with Crippen LogP contribution in [0.2, 0.25) is 0 Å². The zero-order chi connectivity index (χ0) is 9.14. The van der Waals surface area contributed by atoms with E-state index in [0.29, 0.717) is 0 Å². The molecule has 0 radical (unpaired) electrons. The summed E-state index contributed by atoms with van der Waals surface area (Å²) in [6.45, 7) is 7.23. The Hall–Kier alpha value is -0.820. The normalized spacial score (nSPS) is 10.3. The van der Waals surface area contributed by atoms with Gasteiger partial charge in [-0.05, 0) is 56.0 Å². The van der Waals surface area contributed by atoms with E-state index in [0.717, 1.165) is 13.0 Å². The second-order valence-corrected chi connectivity index (χ2v) is 3.33. The van der Waals surface area contributed by atoms with Gasteiger partial charge in [-0.1, -0.05) is 12.1 Å². The van der Waals surface area contributed by atoms with E-state index in [9.17, 15) is 0 Å². The first kappa shape index (κ1) is 9.27. The summed E-state index contributed by atoms with van der Waals surface area (Å²) in [5.74, 6) is 0. The first-order chi connectivity index (χ1) is 5.66. The maximum atomic E-state index is 5.52. The summed E-state index contributed by atoms with van der Waals surface area (Å²) in [6, 6.07) is 4.36. The van der Waals surface area contributed by atoms with Crippen LogP contribution >= 0.6 is 0 Å². The first-order valence-corrected chi connectivity index (χ1v) is 4.42. The molecule has 1 rings (SSSR count). The van der Waals surface area contributed by atoms with Crippen molar-refractivity contribution in [1.82, 2.24) is 0 Å². The molecule has 0 aliphatic carbocycles. The van der Waals surface area contributed by atoms with Crippen LogP contribution in [0.25, 0.3) is 0 Å². The van der Waals surface area contributed by atoms with Gasteiger partial charge in [-0.25, -0.2) is 0 Å². The molecular weight excluding hydrogens is 146 g/mol. The van der Waals surface area contributed by atoms with Gasteiger partial charge < -0.3 is 5.73 Å². The summed E-state index contributed by atoms with van der Waals surface area (Å²) < 4.78 is 0. The van der Waals surface area contributed by atoms with E-state index in [2.05, 4.69) is 32.9 Å². The largest absolute Gasteiger partial charge is 0.330 e. The minimum atomic E-state index is 0.739. The molecule has 0 spiro atoms. The molecule has 0 atom stereocenters. The van der Waals surface area contributed by atoms with Gasteiger partial charge in [0.25, 0.3) is 0 Å². The van der Waals surface area contributed by atoms with Gasteiger partial charge in [0.15, 0.2) is 0 Å². The van der Waals surface area contributed by atoms with Crippen LogP contribution in [-0.2, 0) is 6.42 Å². The van der Waals surface area contributed by atoms with Crippen LogP contribution in [0.1, 0.15) is 22.3 Å². The van der Waals surface area contributed by atoms with Gasteiger partial charge in [-0.15, -0.1) is 0 Å². The zero-order valence-electron chi connectivity index (χ0n) is 8.15. The Labute approximate surface area is 74.6 Å². The minimum absolute atomic E-state index is 0.739. The fraction of sp³-hybridized carbons (Fsp3) is 0.455. The van der Waals surface area contributed by atoms with Gasteiger partial charge in [0, 0.05) is 0 Å². The molecular formula is C11H17N. The molecule has 1 heteroatoms. The van der Waals surface area contributed by atoms with Crippen molar-refractivity contribution in [3.05, 3.63) is 34.4 Å². The molecule has 66 valence electrons. The molecule has 2 N–H and O–H groups in total. The lowest BCUT2D eigenvalue weighted by Crippen LogP contribution is -2.05. The van der Waals surface area contributed by atoms with E-state index < -0.39 is 0 Å². The zero-order valence-corrected chi connectivity index (χ0v) is 8.15. The highest BCUT2D eigenvalue weighted by Gasteiger charge is 2.01. The molecule has 0 bridgehead atoms. The molecule has 0 saturated carbocycles. The molecule has 0 aromatic heterocycles. The number of aryl methyl sites for hydroxylation is 1. The third-order valence-corrected chi connectivity index (χ3v) is 2.58. The van der Waals surface area contributed by atoms with Gasteiger partial charge in [-0.2, -0.15) is 0 Å². The fourth-order valence-corrected chi connectivity index (χ4v) is 1.44. The lowest BCUT2D eigenvalue weighted by atomic mass is 9.97. The lowest BCUT2D eigenvalue weighted by molar-refractivity contribution is 0.952. The monoisotopic (exact) mass is 163 g/mol. The summed E-state index contributed by atoms with van der Waals surface area (Å²) in [5, 5.41) is 0. The van der Waals surface area contributed by atoms with Gasteiger partial charge in [0.1, 0.15) is 0 Å². The molecule has 0 aliphatic rings. The van der Waals surface area contributed by atoms with Crippen molar-refractivity contribution >= 4 is 0 Å². The average molecular weight is 163 g/mol. The Bertz CT molecular complexity index is 277. The smallest absolute Gasteiger partial charge is 0.00366 e. The van der Waals surface area contributed by atoms with E-state index in [-0.39, 0.29) is 0 Å². The van der Waals surface area contributed by atoms with Crippen molar-refractivity contribution in [2.75, 3.05) is 6.54 Å². The van der Waals surface area contributed by atoms with Crippen molar-refractivity contribution in [1.29, 1.82) is 0 Å². The Morgan fingerprint density at radius 2 is 1.75 bits per heavy atom. The molecule has 0 fully saturated rings. The number of benzene rings is 1. The van der Waals surface area contributed by atoms with Crippen molar-refractivity contribution < 1.29 is 0 Å². The first-order valence-electron chi connectivity index (χ1n) is 4.42. The Kier molecular flexibility index (Phi) is 2.88. The van der Waals surface area contributed by atoms with Crippen LogP contribution in [-0.4, -0.2) is 6.54 Å². The van der Waals surface area contributed by atoms with Crippen molar-refractivity contribution in [2.45, 2.75) is 27.2 Å². The SMILES string of the molecule is Cc1ccc(CCN)c(C)c1C. The third kappa shape index (κ3) is 1.67. The summed E-state index contributed by atoms with van der Waals surface area (Å²) in [4.78, 5) is 0. The highest BCUT2D eigenvalue weighted by atomic mass is 14.5. The Morgan fingerprint density at radius 1 is 1.08 bits per heavy atom.